The van der Waals surface area contributed by atoms with Crippen LogP contribution in [0.2, 0.25) is 0 Å². The van der Waals surface area contributed by atoms with E-state index in [-0.39, 0.29) is 11.3 Å². The fourth-order valence-electron chi connectivity index (χ4n) is 5.70. The van der Waals surface area contributed by atoms with E-state index in [2.05, 4.69) is 25.1 Å². The topological polar surface area (TPSA) is 121 Å². The summed E-state index contributed by atoms with van der Waals surface area (Å²) in [5.74, 6) is -1.28. The predicted molar refractivity (Wildman–Crippen MR) is 145 cm³/mol. The first-order valence-corrected chi connectivity index (χ1v) is 13.6. The Labute approximate surface area is 229 Å². The third-order valence-electron chi connectivity index (χ3n) is 8.18. The number of aliphatic hydroxyl groups is 1. The first-order chi connectivity index (χ1) is 19.1. The van der Waals surface area contributed by atoms with Crippen LogP contribution in [0.1, 0.15) is 43.6 Å². The number of likely N-dealkylation sites (tertiary alicyclic amines) is 1. The van der Waals surface area contributed by atoms with Gasteiger partial charge in [-0.05, 0) is 67.1 Å². The van der Waals surface area contributed by atoms with E-state index in [1.54, 1.807) is 11.0 Å². The van der Waals surface area contributed by atoms with Crippen molar-refractivity contribution in [3.05, 3.63) is 52.9 Å². The van der Waals surface area contributed by atoms with Crippen LogP contribution < -0.4 is 0 Å². The molecule has 4 heterocycles. The molecule has 0 atom stereocenters. The second-order valence-electron chi connectivity index (χ2n) is 11.1. The minimum atomic E-state index is -0.768. The Bertz CT molecular complexity index is 1600. The van der Waals surface area contributed by atoms with E-state index in [1.165, 1.54) is 18.2 Å². The highest BCUT2D eigenvalue weighted by molar-refractivity contribution is 5.94. The summed E-state index contributed by atoms with van der Waals surface area (Å²) in [6.45, 7) is 6.33. The van der Waals surface area contributed by atoms with E-state index in [9.17, 15) is 19.4 Å². The van der Waals surface area contributed by atoms with Gasteiger partial charge in [0.1, 0.15) is 11.5 Å². The van der Waals surface area contributed by atoms with Gasteiger partial charge in [0.05, 0.1) is 41.0 Å². The molecule has 2 aliphatic heterocycles. The van der Waals surface area contributed by atoms with Crippen molar-refractivity contribution in [1.29, 1.82) is 0 Å². The van der Waals surface area contributed by atoms with Gasteiger partial charge in [-0.1, -0.05) is 6.92 Å². The van der Waals surface area contributed by atoms with Crippen molar-refractivity contribution in [2.75, 3.05) is 26.2 Å². The van der Waals surface area contributed by atoms with E-state index < -0.39 is 23.0 Å². The number of aromatic amines is 2. The number of nitrogens with zero attached hydrogens (tertiary/aromatic N) is 4. The van der Waals surface area contributed by atoms with Crippen LogP contribution in [0.15, 0.2) is 24.3 Å². The van der Waals surface area contributed by atoms with Gasteiger partial charge >= 0.3 is 0 Å². The molecule has 2 aliphatic rings. The molecule has 40 heavy (non-hydrogen) atoms. The number of carbonyl (C=O) groups excluding carboxylic acids is 1. The number of nitrogens with one attached hydrogen (secondary N) is 2. The number of aromatic hydroxyl groups is 1. The Morgan fingerprint density at radius 2 is 1.90 bits per heavy atom. The van der Waals surface area contributed by atoms with Crippen LogP contribution in [0.4, 0.5) is 8.78 Å². The first-order valence-electron chi connectivity index (χ1n) is 13.6. The molecule has 1 amide bonds. The lowest BCUT2D eigenvalue weighted by Crippen LogP contribution is -2.48. The second-order valence-corrected chi connectivity index (χ2v) is 11.1. The number of hydrogen-bond acceptors (Lipinski definition) is 6. The highest BCUT2D eigenvalue weighted by Gasteiger charge is 2.31. The van der Waals surface area contributed by atoms with Gasteiger partial charge in [0.2, 0.25) is 5.91 Å². The number of benzene rings is 2. The number of H-pyrrole nitrogens is 2. The summed E-state index contributed by atoms with van der Waals surface area (Å²) in [5.41, 5.74) is 3.41. The number of phenols is 1. The van der Waals surface area contributed by atoms with E-state index in [4.69, 9.17) is 0 Å². The maximum absolute atomic E-state index is 15.5. The molecule has 210 valence electrons. The SMILES string of the molecule is CCc1cc(O)c(F)cc1-c1cc(F)c2c(-c3nc4c([nH]3)CN(C(=O)CN3CCC(C)(O)CC3)CC4)n[nH]c2c1. The van der Waals surface area contributed by atoms with Gasteiger partial charge in [-0.15, -0.1) is 0 Å². The molecule has 0 saturated carbocycles. The van der Waals surface area contributed by atoms with Gasteiger partial charge in [0.25, 0.3) is 0 Å². The number of aromatic nitrogens is 4. The number of amides is 1. The van der Waals surface area contributed by atoms with Crippen molar-refractivity contribution in [2.45, 2.75) is 51.7 Å². The summed E-state index contributed by atoms with van der Waals surface area (Å²) < 4.78 is 29.7. The second kappa shape index (κ2) is 9.97. The summed E-state index contributed by atoms with van der Waals surface area (Å²) >= 11 is 0. The monoisotopic (exact) mass is 550 g/mol. The number of halogens is 2. The molecular weight excluding hydrogens is 518 g/mol. The summed E-state index contributed by atoms with van der Waals surface area (Å²) in [4.78, 5) is 24.8. The normalized spacial score (nSPS) is 17.4. The van der Waals surface area contributed by atoms with Crippen molar-refractivity contribution in [3.63, 3.8) is 0 Å². The van der Waals surface area contributed by atoms with Crippen molar-refractivity contribution < 1.29 is 23.8 Å². The van der Waals surface area contributed by atoms with E-state index in [1.807, 2.05) is 13.8 Å². The summed E-state index contributed by atoms with van der Waals surface area (Å²) in [5, 5.41) is 27.4. The average molecular weight is 551 g/mol. The van der Waals surface area contributed by atoms with Gasteiger partial charge in [-0.25, -0.2) is 13.8 Å². The molecule has 4 N–H and O–H groups in total. The van der Waals surface area contributed by atoms with Crippen LogP contribution in [-0.4, -0.2) is 77.9 Å². The summed E-state index contributed by atoms with van der Waals surface area (Å²) in [6, 6.07) is 5.64. The molecule has 0 spiro atoms. The van der Waals surface area contributed by atoms with Crippen LogP contribution in [0.3, 0.4) is 0 Å². The molecule has 9 nitrogen and oxygen atoms in total. The Morgan fingerprint density at radius 3 is 2.65 bits per heavy atom. The fraction of sp³-hybridized carbons (Fsp3) is 0.414. The third kappa shape index (κ3) is 4.84. The van der Waals surface area contributed by atoms with E-state index in [0.717, 1.165) is 11.4 Å². The standard InChI is InChI=1S/C29H32F2N6O3/c1-3-16-12-24(38)19(30)13-18(16)17-10-20(31)26-22(11-17)34-35-27(26)28-32-21-4-7-37(14-23(21)33-28)25(39)15-36-8-5-29(2,40)6-9-36/h10-13,38,40H,3-9,14-15H2,1-2H3,(H,32,33)(H,34,35). The third-order valence-corrected chi connectivity index (χ3v) is 8.18. The largest absolute Gasteiger partial charge is 0.505 e. The van der Waals surface area contributed by atoms with Gasteiger partial charge < -0.3 is 20.1 Å². The molecule has 2 aromatic carbocycles. The quantitative estimate of drug-likeness (QED) is 0.299. The van der Waals surface area contributed by atoms with Gasteiger partial charge in [-0.3, -0.25) is 14.8 Å². The van der Waals surface area contributed by atoms with Crippen molar-refractivity contribution >= 4 is 16.8 Å². The number of piperidine rings is 1. The van der Waals surface area contributed by atoms with Crippen LogP contribution in [-0.2, 0) is 24.2 Å². The molecule has 0 unspecified atom stereocenters. The van der Waals surface area contributed by atoms with Crippen molar-refractivity contribution in [2.24, 2.45) is 0 Å². The fourth-order valence-corrected chi connectivity index (χ4v) is 5.70. The molecule has 1 saturated heterocycles. The molecule has 0 bridgehead atoms. The molecule has 1 fully saturated rings. The average Bonchev–Trinajstić information content (AvgIpc) is 3.55. The molecule has 6 rings (SSSR count). The number of hydrogen-bond donors (Lipinski definition) is 4. The Morgan fingerprint density at radius 1 is 1.12 bits per heavy atom. The van der Waals surface area contributed by atoms with Crippen LogP contribution in [0.5, 0.6) is 5.75 Å². The lowest BCUT2D eigenvalue weighted by Gasteiger charge is -2.36. The molecule has 4 aromatic rings. The number of fused-ring (bicyclic) bond motifs is 2. The van der Waals surface area contributed by atoms with Crippen LogP contribution in [0, 0.1) is 11.6 Å². The minimum Gasteiger partial charge on any atom is -0.505 e. The maximum atomic E-state index is 15.5. The van der Waals surface area contributed by atoms with Crippen LogP contribution >= 0.6 is 0 Å². The van der Waals surface area contributed by atoms with Gasteiger partial charge in [-0.2, -0.15) is 5.10 Å². The number of aryl methyl sites for hydroxylation is 1. The Hall–Kier alpha value is -3.83. The molecule has 0 radical (unpaired) electrons. The van der Waals surface area contributed by atoms with Crippen molar-refractivity contribution in [1.82, 2.24) is 30.0 Å². The predicted octanol–water partition coefficient (Wildman–Crippen LogP) is 3.90. The number of rotatable bonds is 5. The Balaban J connectivity index is 1.23. The van der Waals surface area contributed by atoms with Gasteiger partial charge in [0.15, 0.2) is 17.4 Å². The Kier molecular flexibility index (Phi) is 6.58. The first kappa shape index (κ1) is 26.4. The zero-order valence-corrected chi connectivity index (χ0v) is 22.5. The van der Waals surface area contributed by atoms with E-state index in [0.29, 0.717) is 92.1 Å². The molecule has 11 heteroatoms. The highest BCUT2D eigenvalue weighted by atomic mass is 19.1. The van der Waals surface area contributed by atoms with E-state index >= 15 is 4.39 Å². The van der Waals surface area contributed by atoms with Crippen LogP contribution in [0.25, 0.3) is 33.5 Å². The smallest absolute Gasteiger partial charge is 0.237 e. The highest BCUT2D eigenvalue weighted by Crippen LogP contribution is 2.35. The lowest BCUT2D eigenvalue weighted by atomic mass is 9.94. The zero-order valence-electron chi connectivity index (χ0n) is 22.5. The summed E-state index contributed by atoms with van der Waals surface area (Å²) in [7, 11) is 0. The van der Waals surface area contributed by atoms with Crippen molar-refractivity contribution in [3.8, 4) is 28.4 Å². The number of carbonyl (C=O) groups is 1. The van der Waals surface area contributed by atoms with Gasteiger partial charge in [0, 0.05) is 26.1 Å². The number of phenolic OH excluding ortho intramolecular Hbond substituents is 1. The zero-order chi connectivity index (χ0) is 28.2. The summed E-state index contributed by atoms with van der Waals surface area (Å²) in [6.07, 6.45) is 2.41. The minimum absolute atomic E-state index is 0.0317. The molecular formula is C29H32F2N6O3. The molecule has 0 aliphatic carbocycles. The molecule has 2 aromatic heterocycles. The number of imidazole rings is 1. The lowest BCUT2D eigenvalue weighted by molar-refractivity contribution is -0.134. The maximum Gasteiger partial charge on any atom is 0.237 e.